The van der Waals surface area contributed by atoms with E-state index in [1.807, 2.05) is 0 Å². The molecule has 4 aliphatic rings. The Bertz CT molecular complexity index is 844. The Hall–Kier alpha value is -1.64. The summed E-state index contributed by atoms with van der Waals surface area (Å²) in [6.07, 6.45) is -0.138. The number of hydrogen-bond acceptors (Lipinski definition) is 4. The van der Waals surface area contributed by atoms with Crippen molar-refractivity contribution in [1.82, 2.24) is 20.7 Å². The van der Waals surface area contributed by atoms with Gasteiger partial charge in [-0.15, -0.1) is 0 Å². The first-order chi connectivity index (χ1) is 14.3. The van der Waals surface area contributed by atoms with Crippen LogP contribution in [0, 0.1) is 23.7 Å². The van der Waals surface area contributed by atoms with Crippen LogP contribution in [-0.4, -0.2) is 41.6 Å². The maximum absolute atomic E-state index is 13.4. The van der Waals surface area contributed by atoms with E-state index in [4.69, 9.17) is 0 Å². The summed E-state index contributed by atoms with van der Waals surface area (Å²) in [5.41, 5.74) is 6.30. The second-order valence-corrected chi connectivity index (χ2v) is 9.54. The van der Waals surface area contributed by atoms with Crippen LogP contribution in [0.2, 0.25) is 0 Å². The summed E-state index contributed by atoms with van der Waals surface area (Å²) >= 11 is 0. The first-order valence-corrected chi connectivity index (χ1v) is 11.0. The second-order valence-electron chi connectivity index (χ2n) is 9.54. The van der Waals surface area contributed by atoms with E-state index in [2.05, 4.69) is 29.7 Å². The van der Waals surface area contributed by atoms with Crippen molar-refractivity contribution in [3.8, 4) is 0 Å². The summed E-state index contributed by atoms with van der Waals surface area (Å²) in [5, 5.41) is 0. The number of hydrogen-bond donors (Lipinski definition) is 2. The average Bonchev–Trinajstić information content (AvgIpc) is 3.01. The molecule has 0 bridgehead atoms. The zero-order chi connectivity index (χ0) is 21.2. The topological polar surface area (TPSA) is 47.6 Å². The third-order valence-electron chi connectivity index (χ3n) is 7.91. The lowest BCUT2D eigenvalue weighted by Crippen LogP contribution is -2.41. The molecule has 164 valence electrons. The largest absolute Gasteiger partial charge is 0.416 e. The molecule has 3 fully saturated rings. The molecule has 2 saturated carbocycles. The number of alkyl halides is 3. The number of halogens is 3. The van der Waals surface area contributed by atoms with Crippen molar-refractivity contribution < 1.29 is 18.0 Å². The highest BCUT2D eigenvalue weighted by Crippen LogP contribution is 2.57. The molecule has 8 heteroatoms. The molecule has 1 aromatic carbocycles. The summed E-state index contributed by atoms with van der Waals surface area (Å²) in [5.74, 6) is 2.11. The maximum atomic E-state index is 13.4. The summed E-state index contributed by atoms with van der Waals surface area (Å²) in [4.78, 5) is 17.0. The molecular formula is C22H29F3N4O. The lowest BCUT2D eigenvalue weighted by Gasteiger charge is -2.36. The third kappa shape index (κ3) is 3.24. The van der Waals surface area contributed by atoms with Crippen molar-refractivity contribution in [2.45, 2.75) is 57.5 Å². The van der Waals surface area contributed by atoms with Gasteiger partial charge in [0.05, 0.1) is 18.4 Å². The molecule has 1 saturated heterocycles. The van der Waals surface area contributed by atoms with E-state index >= 15 is 0 Å². The number of hydrazine groups is 1. The van der Waals surface area contributed by atoms with E-state index in [1.165, 1.54) is 6.07 Å². The smallest absolute Gasteiger partial charge is 0.331 e. The van der Waals surface area contributed by atoms with E-state index in [9.17, 15) is 18.0 Å². The van der Waals surface area contributed by atoms with E-state index in [1.54, 1.807) is 11.0 Å². The minimum atomic E-state index is -4.43. The van der Waals surface area contributed by atoms with Gasteiger partial charge in [0.15, 0.2) is 0 Å². The van der Waals surface area contributed by atoms with Crippen LogP contribution in [0.15, 0.2) is 18.2 Å². The maximum Gasteiger partial charge on any atom is 0.416 e. The molecule has 0 spiro atoms. The summed E-state index contributed by atoms with van der Waals surface area (Å²) in [6.45, 7) is 3.22. The predicted molar refractivity (Wildman–Crippen MR) is 106 cm³/mol. The number of carbonyl (C=O) groups is 1. The van der Waals surface area contributed by atoms with Crippen molar-refractivity contribution in [3.05, 3.63) is 34.9 Å². The fourth-order valence-electron chi connectivity index (χ4n) is 6.39. The normalized spacial score (nSPS) is 37.0. The van der Waals surface area contributed by atoms with Crippen LogP contribution in [-0.2, 0) is 12.7 Å². The number of carbonyl (C=O) groups excluding carboxylic acids is 1. The minimum Gasteiger partial charge on any atom is -0.331 e. The van der Waals surface area contributed by atoms with Gasteiger partial charge < -0.3 is 4.90 Å². The zero-order valence-electron chi connectivity index (χ0n) is 17.4. The van der Waals surface area contributed by atoms with Crippen molar-refractivity contribution in [1.29, 1.82) is 0 Å². The first-order valence-electron chi connectivity index (χ1n) is 11.0. The van der Waals surface area contributed by atoms with Crippen LogP contribution >= 0.6 is 0 Å². The van der Waals surface area contributed by atoms with Crippen LogP contribution in [0.5, 0.6) is 0 Å². The van der Waals surface area contributed by atoms with Gasteiger partial charge in [-0.2, -0.15) is 13.2 Å². The van der Waals surface area contributed by atoms with Gasteiger partial charge in [-0.1, -0.05) is 25.8 Å². The Morgan fingerprint density at radius 3 is 2.67 bits per heavy atom. The van der Waals surface area contributed by atoms with Crippen LogP contribution < -0.4 is 10.9 Å². The van der Waals surface area contributed by atoms with Gasteiger partial charge in [-0.3, -0.25) is 9.69 Å². The van der Waals surface area contributed by atoms with Gasteiger partial charge in [0.1, 0.15) is 0 Å². The quantitative estimate of drug-likeness (QED) is 0.784. The zero-order valence-corrected chi connectivity index (χ0v) is 17.4. The molecular weight excluding hydrogens is 393 g/mol. The van der Waals surface area contributed by atoms with Crippen molar-refractivity contribution in [2.24, 2.45) is 23.7 Å². The Morgan fingerprint density at radius 2 is 1.97 bits per heavy atom. The summed E-state index contributed by atoms with van der Waals surface area (Å²) in [6, 6.07) is 4.02. The highest BCUT2D eigenvalue weighted by atomic mass is 19.4. The fraction of sp³-hybridized carbons (Fsp3) is 0.682. The van der Waals surface area contributed by atoms with E-state index in [0.29, 0.717) is 29.8 Å². The van der Waals surface area contributed by atoms with Gasteiger partial charge in [-0.05, 0) is 61.3 Å². The number of nitrogens with one attached hydrogen (secondary N) is 2. The molecule has 5 nitrogen and oxygen atoms in total. The highest BCUT2D eigenvalue weighted by molar-refractivity contribution is 5.99. The Kier molecular flexibility index (Phi) is 4.87. The lowest BCUT2D eigenvalue weighted by atomic mass is 9.81. The number of rotatable bonds is 3. The lowest BCUT2D eigenvalue weighted by molar-refractivity contribution is -0.138. The van der Waals surface area contributed by atoms with Crippen LogP contribution in [0.3, 0.4) is 0 Å². The number of fused-ring (bicyclic) bond motifs is 1. The summed E-state index contributed by atoms with van der Waals surface area (Å²) < 4.78 is 40.3. The Balaban J connectivity index is 1.31. The molecule has 0 aromatic heterocycles. The second kappa shape index (κ2) is 7.21. The monoisotopic (exact) mass is 422 g/mol. The Morgan fingerprint density at radius 1 is 1.17 bits per heavy atom. The van der Waals surface area contributed by atoms with E-state index in [0.717, 1.165) is 38.4 Å². The predicted octanol–water partition coefficient (Wildman–Crippen LogP) is 3.43. The molecule has 2 aliphatic heterocycles. The van der Waals surface area contributed by atoms with Crippen molar-refractivity contribution >= 4 is 5.91 Å². The number of nitrogens with zero attached hydrogens (tertiary/aromatic N) is 2. The Labute approximate surface area is 174 Å². The van der Waals surface area contributed by atoms with Crippen LogP contribution in [0.25, 0.3) is 0 Å². The first kappa shape index (κ1) is 20.3. The van der Waals surface area contributed by atoms with E-state index < -0.39 is 11.7 Å². The molecule has 30 heavy (non-hydrogen) atoms. The fourth-order valence-corrected chi connectivity index (χ4v) is 6.39. The van der Waals surface area contributed by atoms with Gasteiger partial charge >= 0.3 is 6.18 Å². The van der Waals surface area contributed by atoms with Crippen LogP contribution in [0.1, 0.15) is 54.1 Å². The number of benzene rings is 1. The van der Waals surface area contributed by atoms with Gasteiger partial charge in [-0.25, -0.2) is 10.9 Å². The molecule has 2 N–H and O–H groups in total. The SMILES string of the molecule is C[C@@H]1[C@@H](C2NNCN2C)[C@H]1C1CCCC(N2Cc3c(cccc3C(F)(F)F)C2=O)C1. The van der Waals surface area contributed by atoms with Gasteiger partial charge in [0.25, 0.3) is 5.91 Å². The molecule has 1 aromatic rings. The van der Waals surface area contributed by atoms with Gasteiger partial charge in [0.2, 0.25) is 0 Å². The molecule has 2 heterocycles. The molecule has 1 amide bonds. The van der Waals surface area contributed by atoms with Gasteiger partial charge in [0, 0.05) is 18.2 Å². The molecule has 3 unspecified atom stereocenters. The van der Waals surface area contributed by atoms with Crippen LogP contribution in [0.4, 0.5) is 13.2 Å². The standard InChI is InChI=1S/C22H29F3N4O/c1-12-18(19(12)20-27-26-11-28(20)2)13-5-3-6-14(9-13)29-10-16-15(21(29)30)7-4-8-17(16)22(23,24)25/h4,7-8,12-14,18-20,26-27H,3,5-6,9-11H2,1-2H3/t12-,13?,14?,18+,19+,20?/m0/s1. The molecule has 0 radical (unpaired) electrons. The van der Waals surface area contributed by atoms with Crippen molar-refractivity contribution in [2.75, 3.05) is 13.7 Å². The molecule has 6 atom stereocenters. The highest BCUT2D eigenvalue weighted by Gasteiger charge is 2.57. The van der Waals surface area contributed by atoms with Crippen molar-refractivity contribution in [3.63, 3.8) is 0 Å². The average molecular weight is 422 g/mol. The summed E-state index contributed by atoms with van der Waals surface area (Å²) in [7, 11) is 2.11. The molecule has 5 rings (SSSR count). The number of amides is 1. The third-order valence-corrected chi connectivity index (χ3v) is 7.91. The minimum absolute atomic E-state index is 0.0329. The van der Waals surface area contributed by atoms with E-state index in [-0.39, 0.29) is 29.6 Å². The molecule has 2 aliphatic carbocycles.